The summed E-state index contributed by atoms with van der Waals surface area (Å²) >= 11 is 11.7. The molecule has 0 aliphatic carbocycles. The largest absolute Gasteiger partial charge is 0.380 e. The van der Waals surface area contributed by atoms with Crippen LogP contribution in [-0.2, 0) is 9.47 Å². The minimum Gasteiger partial charge on any atom is -0.380 e. The molecular formula is C10H11Cl2NO2. The number of hydrogen-bond donors (Lipinski definition) is 1. The van der Waals surface area contributed by atoms with E-state index in [1.54, 1.807) is 12.1 Å². The van der Waals surface area contributed by atoms with Gasteiger partial charge in [0.2, 0.25) is 0 Å². The van der Waals surface area contributed by atoms with Crippen LogP contribution in [0.3, 0.4) is 0 Å². The molecule has 0 aromatic heterocycles. The van der Waals surface area contributed by atoms with Crippen LogP contribution in [0.5, 0.6) is 0 Å². The van der Waals surface area contributed by atoms with Crippen molar-refractivity contribution in [1.29, 1.82) is 0 Å². The van der Waals surface area contributed by atoms with E-state index in [0.717, 1.165) is 5.69 Å². The van der Waals surface area contributed by atoms with Crippen molar-refractivity contribution in [3.05, 3.63) is 28.2 Å². The van der Waals surface area contributed by atoms with Gasteiger partial charge in [-0.3, -0.25) is 0 Å². The van der Waals surface area contributed by atoms with Gasteiger partial charge in [-0.1, -0.05) is 23.2 Å². The third kappa shape index (κ3) is 2.98. The van der Waals surface area contributed by atoms with Gasteiger partial charge in [0.05, 0.1) is 29.8 Å². The predicted octanol–water partition coefficient (Wildman–Crippen LogP) is 2.78. The summed E-state index contributed by atoms with van der Waals surface area (Å²) in [5.41, 5.74) is 0.906. The van der Waals surface area contributed by atoms with Crippen LogP contribution in [0.15, 0.2) is 18.2 Å². The first-order valence-corrected chi connectivity index (χ1v) is 5.43. The summed E-state index contributed by atoms with van der Waals surface area (Å²) in [6.45, 7) is 1.93. The number of benzene rings is 1. The molecule has 1 aliphatic rings. The quantitative estimate of drug-likeness (QED) is 0.892. The maximum Gasteiger partial charge on any atom is 0.174 e. The summed E-state index contributed by atoms with van der Waals surface area (Å²) in [5, 5.41) is 4.25. The normalized spacial score (nSPS) is 16.9. The van der Waals surface area contributed by atoms with E-state index < -0.39 is 0 Å². The Morgan fingerprint density at radius 1 is 1.20 bits per heavy atom. The average molecular weight is 248 g/mol. The van der Waals surface area contributed by atoms with Crippen LogP contribution in [0.4, 0.5) is 5.69 Å². The highest BCUT2D eigenvalue weighted by molar-refractivity contribution is 6.42. The van der Waals surface area contributed by atoms with Gasteiger partial charge in [-0.25, -0.2) is 0 Å². The van der Waals surface area contributed by atoms with Gasteiger partial charge < -0.3 is 14.8 Å². The predicted molar refractivity (Wildman–Crippen MR) is 60.6 cm³/mol. The Bertz CT molecular complexity index is 340. The SMILES string of the molecule is Clc1ccc(NCC2OCCO2)cc1Cl. The lowest BCUT2D eigenvalue weighted by atomic mass is 10.3. The lowest BCUT2D eigenvalue weighted by molar-refractivity contribution is -0.0299. The molecule has 0 atom stereocenters. The van der Waals surface area contributed by atoms with E-state index in [2.05, 4.69) is 5.32 Å². The van der Waals surface area contributed by atoms with E-state index in [1.807, 2.05) is 6.07 Å². The van der Waals surface area contributed by atoms with Crippen molar-refractivity contribution >= 4 is 28.9 Å². The zero-order valence-electron chi connectivity index (χ0n) is 8.00. The number of nitrogens with one attached hydrogen (secondary N) is 1. The minimum atomic E-state index is -0.167. The number of halogens is 2. The summed E-state index contributed by atoms with van der Waals surface area (Å²) in [5.74, 6) is 0. The Morgan fingerprint density at radius 3 is 2.60 bits per heavy atom. The summed E-state index contributed by atoms with van der Waals surface area (Å²) in [4.78, 5) is 0. The van der Waals surface area contributed by atoms with Crippen LogP contribution >= 0.6 is 23.2 Å². The first kappa shape index (κ1) is 11.0. The number of rotatable bonds is 3. The van der Waals surface area contributed by atoms with Crippen LogP contribution in [0.25, 0.3) is 0 Å². The van der Waals surface area contributed by atoms with Crippen molar-refractivity contribution in [2.24, 2.45) is 0 Å². The molecular weight excluding hydrogens is 237 g/mol. The van der Waals surface area contributed by atoms with Gasteiger partial charge in [-0.05, 0) is 18.2 Å². The molecule has 1 aliphatic heterocycles. The molecule has 1 fully saturated rings. The van der Waals surface area contributed by atoms with Crippen LogP contribution in [0, 0.1) is 0 Å². The minimum absolute atomic E-state index is 0.167. The van der Waals surface area contributed by atoms with Crippen molar-refractivity contribution in [3.63, 3.8) is 0 Å². The molecule has 0 saturated carbocycles. The molecule has 5 heteroatoms. The molecule has 1 aromatic carbocycles. The molecule has 0 unspecified atom stereocenters. The van der Waals surface area contributed by atoms with E-state index in [0.29, 0.717) is 29.8 Å². The van der Waals surface area contributed by atoms with Crippen LogP contribution in [-0.4, -0.2) is 26.0 Å². The molecule has 1 N–H and O–H groups in total. The standard InChI is InChI=1S/C10H11Cl2NO2/c11-8-2-1-7(5-9(8)12)13-6-10-14-3-4-15-10/h1-2,5,10,13H,3-4,6H2. The maximum atomic E-state index is 5.87. The summed E-state index contributed by atoms with van der Waals surface area (Å²) in [6.07, 6.45) is -0.167. The van der Waals surface area contributed by atoms with E-state index in [-0.39, 0.29) is 6.29 Å². The topological polar surface area (TPSA) is 30.5 Å². The molecule has 1 aromatic rings. The molecule has 15 heavy (non-hydrogen) atoms. The van der Waals surface area contributed by atoms with Crippen molar-refractivity contribution in [1.82, 2.24) is 0 Å². The lowest BCUT2D eigenvalue weighted by Gasteiger charge is -2.11. The number of hydrogen-bond acceptors (Lipinski definition) is 3. The van der Waals surface area contributed by atoms with Crippen LogP contribution in [0.1, 0.15) is 0 Å². The first-order valence-electron chi connectivity index (χ1n) is 4.68. The van der Waals surface area contributed by atoms with Gasteiger partial charge in [0.15, 0.2) is 6.29 Å². The van der Waals surface area contributed by atoms with Gasteiger partial charge in [-0.15, -0.1) is 0 Å². The second-order valence-corrected chi connectivity index (χ2v) is 4.00. The van der Waals surface area contributed by atoms with E-state index in [9.17, 15) is 0 Å². The van der Waals surface area contributed by atoms with Crippen molar-refractivity contribution < 1.29 is 9.47 Å². The Morgan fingerprint density at radius 2 is 1.93 bits per heavy atom. The Kier molecular flexibility index (Phi) is 3.70. The highest BCUT2D eigenvalue weighted by Crippen LogP contribution is 2.25. The molecule has 1 heterocycles. The third-order valence-electron chi connectivity index (χ3n) is 2.08. The van der Waals surface area contributed by atoms with Gasteiger partial charge in [0.1, 0.15) is 0 Å². The van der Waals surface area contributed by atoms with Gasteiger partial charge >= 0.3 is 0 Å². The Balaban J connectivity index is 1.90. The fourth-order valence-corrected chi connectivity index (χ4v) is 1.63. The van der Waals surface area contributed by atoms with Crippen molar-refractivity contribution in [3.8, 4) is 0 Å². The van der Waals surface area contributed by atoms with Crippen LogP contribution in [0.2, 0.25) is 10.0 Å². The summed E-state index contributed by atoms with van der Waals surface area (Å²) < 4.78 is 10.6. The molecule has 0 radical (unpaired) electrons. The average Bonchev–Trinajstić information content (AvgIpc) is 2.73. The van der Waals surface area contributed by atoms with Crippen molar-refractivity contribution in [2.75, 3.05) is 25.1 Å². The third-order valence-corrected chi connectivity index (χ3v) is 2.82. The molecule has 0 amide bonds. The maximum absolute atomic E-state index is 5.87. The second kappa shape index (κ2) is 5.03. The van der Waals surface area contributed by atoms with E-state index in [4.69, 9.17) is 32.7 Å². The Labute approximate surface area is 98.3 Å². The highest BCUT2D eigenvalue weighted by atomic mass is 35.5. The lowest BCUT2D eigenvalue weighted by Crippen LogP contribution is -2.20. The van der Waals surface area contributed by atoms with Crippen LogP contribution < -0.4 is 5.32 Å². The van der Waals surface area contributed by atoms with E-state index in [1.165, 1.54) is 0 Å². The smallest absolute Gasteiger partial charge is 0.174 e. The molecule has 0 bridgehead atoms. The summed E-state index contributed by atoms with van der Waals surface area (Å²) in [7, 11) is 0. The number of ether oxygens (including phenoxy) is 2. The summed E-state index contributed by atoms with van der Waals surface area (Å²) in [6, 6.07) is 5.39. The fourth-order valence-electron chi connectivity index (χ4n) is 1.33. The Hall–Kier alpha value is -0.480. The molecule has 1 saturated heterocycles. The van der Waals surface area contributed by atoms with Crippen molar-refractivity contribution in [2.45, 2.75) is 6.29 Å². The molecule has 82 valence electrons. The molecule has 3 nitrogen and oxygen atoms in total. The van der Waals surface area contributed by atoms with Gasteiger partial charge in [0.25, 0.3) is 0 Å². The highest BCUT2D eigenvalue weighted by Gasteiger charge is 2.15. The van der Waals surface area contributed by atoms with E-state index >= 15 is 0 Å². The molecule has 2 rings (SSSR count). The zero-order valence-corrected chi connectivity index (χ0v) is 9.52. The first-order chi connectivity index (χ1) is 7.25. The van der Waals surface area contributed by atoms with Gasteiger partial charge in [0, 0.05) is 5.69 Å². The zero-order chi connectivity index (χ0) is 10.7. The number of anilines is 1. The second-order valence-electron chi connectivity index (χ2n) is 3.18. The molecule has 0 spiro atoms. The monoisotopic (exact) mass is 247 g/mol. The fraction of sp³-hybridized carbons (Fsp3) is 0.400. The van der Waals surface area contributed by atoms with Gasteiger partial charge in [-0.2, -0.15) is 0 Å².